The number of hydrogen-bond acceptors (Lipinski definition) is 2. The summed E-state index contributed by atoms with van der Waals surface area (Å²) in [5.74, 6) is 2.57. The number of rotatable bonds is 5. The SMILES string of the molecule is C#CCC(CC)C(=O)Oc1ccc(-c2ccccc2)cc1. The van der Waals surface area contributed by atoms with Crippen molar-refractivity contribution in [3.05, 3.63) is 54.6 Å². The van der Waals surface area contributed by atoms with Crippen LogP contribution < -0.4 is 4.74 Å². The second kappa shape index (κ2) is 7.31. The maximum absolute atomic E-state index is 12.0. The van der Waals surface area contributed by atoms with Crippen molar-refractivity contribution < 1.29 is 9.53 Å². The highest BCUT2D eigenvalue weighted by Crippen LogP contribution is 2.23. The third kappa shape index (κ3) is 3.97. The van der Waals surface area contributed by atoms with Crippen molar-refractivity contribution in [2.75, 3.05) is 0 Å². The summed E-state index contributed by atoms with van der Waals surface area (Å²) in [6.45, 7) is 1.93. The van der Waals surface area contributed by atoms with Crippen molar-refractivity contribution in [2.45, 2.75) is 19.8 Å². The van der Waals surface area contributed by atoms with E-state index >= 15 is 0 Å². The Kier molecular flexibility index (Phi) is 5.17. The Balaban J connectivity index is 2.06. The fraction of sp³-hybridized carbons (Fsp3) is 0.211. The molecule has 2 heteroatoms. The van der Waals surface area contributed by atoms with Gasteiger partial charge in [-0.15, -0.1) is 12.3 Å². The number of hydrogen-bond donors (Lipinski definition) is 0. The molecule has 1 unspecified atom stereocenters. The van der Waals surface area contributed by atoms with E-state index in [0.717, 1.165) is 11.1 Å². The first-order valence-electron chi connectivity index (χ1n) is 7.05. The topological polar surface area (TPSA) is 26.3 Å². The number of terminal acetylenes is 1. The van der Waals surface area contributed by atoms with Gasteiger partial charge in [-0.2, -0.15) is 0 Å². The van der Waals surface area contributed by atoms with E-state index in [1.807, 2.05) is 61.5 Å². The summed E-state index contributed by atoms with van der Waals surface area (Å²) < 4.78 is 5.38. The summed E-state index contributed by atoms with van der Waals surface area (Å²) in [7, 11) is 0. The van der Waals surface area contributed by atoms with Gasteiger partial charge in [0.15, 0.2) is 0 Å². The van der Waals surface area contributed by atoms with E-state index in [1.54, 1.807) is 0 Å². The van der Waals surface area contributed by atoms with E-state index in [9.17, 15) is 4.79 Å². The van der Waals surface area contributed by atoms with E-state index < -0.39 is 0 Å². The highest BCUT2D eigenvalue weighted by molar-refractivity contribution is 5.75. The van der Waals surface area contributed by atoms with Crippen molar-refractivity contribution in [3.63, 3.8) is 0 Å². The van der Waals surface area contributed by atoms with Crippen LogP contribution in [0.3, 0.4) is 0 Å². The van der Waals surface area contributed by atoms with Crippen LogP contribution >= 0.6 is 0 Å². The number of ether oxygens (including phenoxy) is 1. The van der Waals surface area contributed by atoms with Gasteiger partial charge in [-0.25, -0.2) is 0 Å². The second-order valence-corrected chi connectivity index (χ2v) is 4.82. The molecule has 0 spiro atoms. The van der Waals surface area contributed by atoms with Crippen LogP contribution in [0.5, 0.6) is 5.75 Å². The molecule has 106 valence electrons. The predicted octanol–water partition coefficient (Wildman–Crippen LogP) is 4.31. The molecule has 0 aliphatic carbocycles. The largest absolute Gasteiger partial charge is 0.426 e. The molecular formula is C19H18O2. The minimum absolute atomic E-state index is 0.233. The predicted molar refractivity (Wildman–Crippen MR) is 84.7 cm³/mol. The number of carbonyl (C=O) groups excluding carboxylic acids is 1. The third-order valence-corrected chi connectivity index (χ3v) is 3.37. The molecule has 2 rings (SSSR count). The average molecular weight is 278 g/mol. The molecule has 0 aliphatic heterocycles. The van der Waals surface area contributed by atoms with Crippen molar-refractivity contribution in [3.8, 4) is 29.2 Å². The quantitative estimate of drug-likeness (QED) is 0.463. The van der Waals surface area contributed by atoms with Gasteiger partial charge in [-0.05, 0) is 29.7 Å². The normalized spacial score (nSPS) is 11.4. The monoisotopic (exact) mass is 278 g/mol. The summed E-state index contributed by atoms with van der Waals surface area (Å²) in [6.07, 6.45) is 6.36. The zero-order chi connectivity index (χ0) is 15.1. The smallest absolute Gasteiger partial charge is 0.315 e. The Bertz CT molecular complexity index is 621. The lowest BCUT2D eigenvalue weighted by Gasteiger charge is -2.11. The van der Waals surface area contributed by atoms with Gasteiger partial charge in [0, 0.05) is 6.42 Å². The molecule has 0 radical (unpaired) electrons. The Morgan fingerprint density at radius 3 is 2.29 bits per heavy atom. The maximum Gasteiger partial charge on any atom is 0.315 e. The van der Waals surface area contributed by atoms with Gasteiger partial charge < -0.3 is 4.74 Å². The molecule has 0 aliphatic rings. The summed E-state index contributed by atoms with van der Waals surface area (Å²) in [4.78, 5) is 12.0. The number of esters is 1. The first-order valence-corrected chi connectivity index (χ1v) is 7.05. The van der Waals surface area contributed by atoms with E-state index in [-0.39, 0.29) is 11.9 Å². The molecule has 0 fully saturated rings. The number of carbonyl (C=O) groups is 1. The van der Waals surface area contributed by atoms with Crippen LogP contribution in [0.15, 0.2) is 54.6 Å². The van der Waals surface area contributed by atoms with Crippen LogP contribution in [-0.2, 0) is 4.79 Å². The summed E-state index contributed by atoms with van der Waals surface area (Å²) in [6, 6.07) is 17.6. The Labute approximate surface area is 125 Å². The Morgan fingerprint density at radius 1 is 1.10 bits per heavy atom. The third-order valence-electron chi connectivity index (χ3n) is 3.37. The minimum atomic E-state index is -0.261. The summed E-state index contributed by atoms with van der Waals surface area (Å²) >= 11 is 0. The van der Waals surface area contributed by atoms with Gasteiger partial charge in [0.25, 0.3) is 0 Å². The van der Waals surface area contributed by atoms with Crippen molar-refractivity contribution in [1.82, 2.24) is 0 Å². The highest BCUT2D eigenvalue weighted by Gasteiger charge is 2.17. The van der Waals surface area contributed by atoms with Crippen LogP contribution in [0.4, 0.5) is 0 Å². The van der Waals surface area contributed by atoms with Gasteiger partial charge >= 0.3 is 5.97 Å². The maximum atomic E-state index is 12.0. The zero-order valence-corrected chi connectivity index (χ0v) is 12.1. The Hall–Kier alpha value is -2.53. The highest BCUT2D eigenvalue weighted by atomic mass is 16.5. The first kappa shape index (κ1) is 14.9. The van der Waals surface area contributed by atoms with E-state index in [1.165, 1.54) is 0 Å². The molecule has 21 heavy (non-hydrogen) atoms. The lowest BCUT2D eigenvalue weighted by molar-refractivity contribution is -0.138. The summed E-state index contributed by atoms with van der Waals surface area (Å²) in [5.41, 5.74) is 2.22. The summed E-state index contributed by atoms with van der Waals surface area (Å²) in [5, 5.41) is 0. The molecule has 2 nitrogen and oxygen atoms in total. The first-order chi connectivity index (χ1) is 10.2. The van der Waals surface area contributed by atoms with Crippen molar-refractivity contribution in [2.24, 2.45) is 5.92 Å². The molecule has 2 aromatic carbocycles. The van der Waals surface area contributed by atoms with E-state index in [2.05, 4.69) is 5.92 Å². The van der Waals surface area contributed by atoms with Crippen LogP contribution in [-0.4, -0.2) is 5.97 Å². The Morgan fingerprint density at radius 2 is 1.71 bits per heavy atom. The molecule has 0 amide bonds. The zero-order valence-electron chi connectivity index (χ0n) is 12.1. The molecule has 0 saturated heterocycles. The van der Waals surface area contributed by atoms with Gasteiger partial charge in [0.1, 0.15) is 5.75 Å². The molecule has 0 aromatic heterocycles. The lowest BCUT2D eigenvalue weighted by atomic mass is 10.0. The van der Waals surface area contributed by atoms with Crippen LogP contribution in [0, 0.1) is 18.3 Å². The van der Waals surface area contributed by atoms with Gasteiger partial charge in [0.2, 0.25) is 0 Å². The van der Waals surface area contributed by atoms with Crippen molar-refractivity contribution in [1.29, 1.82) is 0 Å². The van der Waals surface area contributed by atoms with E-state index in [0.29, 0.717) is 18.6 Å². The molecular weight excluding hydrogens is 260 g/mol. The molecule has 0 N–H and O–H groups in total. The molecule has 0 heterocycles. The van der Waals surface area contributed by atoms with Gasteiger partial charge in [-0.3, -0.25) is 4.79 Å². The lowest BCUT2D eigenvalue weighted by Crippen LogP contribution is -2.19. The molecule has 0 bridgehead atoms. The number of benzene rings is 2. The van der Waals surface area contributed by atoms with Gasteiger partial charge in [-0.1, -0.05) is 49.4 Å². The average Bonchev–Trinajstić information content (AvgIpc) is 2.54. The van der Waals surface area contributed by atoms with Gasteiger partial charge in [0.05, 0.1) is 5.92 Å². The van der Waals surface area contributed by atoms with E-state index in [4.69, 9.17) is 11.2 Å². The van der Waals surface area contributed by atoms with Crippen molar-refractivity contribution >= 4 is 5.97 Å². The second-order valence-electron chi connectivity index (χ2n) is 4.82. The molecule has 0 saturated carbocycles. The molecule has 2 aromatic rings. The molecule has 1 atom stereocenters. The standard InChI is InChI=1S/C19H18O2/c1-3-8-15(4-2)19(20)21-18-13-11-17(12-14-18)16-9-6-5-7-10-16/h1,5-7,9-15H,4,8H2,2H3. The fourth-order valence-electron chi connectivity index (χ4n) is 2.08. The minimum Gasteiger partial charge on any atom is -0.426 e. The van der Waals surface area contributed by atoms with Crippen LogP contribution in [0.1, 0.15) is 19.8 Å². The van der Waals surface area contributed by atoms with Crippen LogP contribution in [0.2, 0.25) is 0 Å². The fourth-order valence-corrected chi connectivity index (χ4v) is 2.08. The van der Waals surface area contributed by atoms with Crippen LogP contribution in [0.25, 0.3) is 11.1 Å².